The van der Waals surface area contributed by atoms with Crippen LogP contribution in [0.5, 0.6) is 0 Å². The molecule has 0 bridgehead atoms. The van der Waals surface area contributed by atoms with Crippen molar-refractivity contribution in [2.45, 2.75) is 32.7 Å². The molecular weight excluding hydrogens is 302 g/mol. The first kappa shape index (κ1) is 16.2. The molecule has 1 unspecified atom stereocenters. The van der Waals surface area contributed by atoms with Crippen molar-refractivity contribution in [3.63, 3.8) is 0 Å². The van der Waals surface area contributed by atoms with E-state index in [9.17, 15) is 9.59 Å². The highest BCUT2D eigenvalue weighted by atomic mass is 16.2. The molecule has 1 aromatic carbocycles. The second kappa shape index (κ2) is 6.43. The Morgan fingerprint density at radius 2 is 1.83 bits per heavy atom. The molecule has 1 saturated heterocycles. The highest BCUT2D eigenvalue weighted by Gasteiger charge is 2.33. The standard InChI is InChI=1S/C19H21N3O2/c1-12-5-10-16(13(2)21-12)14-6-8-15(9-7-14)19(24)22-11-3-4-17(22)18(20)23/h5-10,17H,3-4,11H2,1-2H3,(H2,20,23). The molecule has 1 aromatic heterocycles. The monoisotopic (exact) mass is 323 g/mol. The van der Waals surface area contributed by atoms with Crippen LogP contribution in [0.2, 0.25) is 0 Å². The summed E-state index contributed by atoms with van der Waals surface area (Å²) < 4.78 is 0. The number of aryl methyl sites for hydroxylation is 2. The number of amides is 2. The Labute approximate surface area is 141 Å². The lowest BCUT2D eigenvalue weighted by atomic mass is 10.0. The number of nitrogens with zero attached hydrogens (tertiary/aromatic N) is 2. The Bertz CT molecular complexity index is 784. The summed E-state index contributed by atoms with van der Waals surface area (Å²) in [5, 5.41) is 0. The summed E-state index contributed by atoms with van der Waals surface area (Å²) >= 11 is 0. The first-order chi connectivity index (χ1) is 11.5. The summed E-state index contributed by atoms with van der Waals surface area (Å²) in [6, 6.07) is 11.0. The first-order valence-corrected chi connectivity index (χ1v) is 8.12. The van der Waals surface area contributed by atoms with Crippen molar-refractivity contribution in [1.29, 1.82) is 0 Å². The topological polar surface area (TPSA) is 76.3 Å². The number of rotatable bonds is 3. The molecule has 5 nitrogen and oxygen atoms in total. The maximum atomic E-state index is 12.6. The van der Waals surface area contributed by atoms with Crippen LogP contribution in [0.3, 0.4) is 0 Å². The van der Waals surface area contributed by atoms with Crippen LogP contribution in [0.4, 0.5) is 0 Å². The van der Waals surface area contributed by atoms with E-state index >= 15 is 0 Å². The van der Waals surface area contributed by atoms with Gasteiger partial charge in [-0.3, -0.25) is 14.6 Å². The number of aromatic nitrogens is 1. The van der Waals surface area contributed by atoms with Crippen LogP contribution in [-0.2, 0) is 4.79 Å². The van der Waals surface area contributed by atoms with E-state index in [1.54, 1.807) is 17.0 Å². The molecule has 2 heterocycles. The van der Waals surface area contributed by atoms with Crippen molar-refractivity contribution in [3.05, 3.63) is 53.3 Å². The first-order valence-electron chi connectivity index (χ1n) is 8.12. The highest BCUT2D eigenvalue weighted by Crippen LogP contribution is 2.25. The quantitative estimate of drug-likeness (QED) is 0.942. The number of likely N-dealkylation sites (tertiary alicyclic amines) is 1. The largest absolute Gasteiger partial charge is 0.368 e. The fourth-order valence-corrected chi connectivity index (χ4v) is 3.26. The molecule has 0 saturated carbocycles. The van der Waals surface area contributed by atoms with Gasteiger partial charge in [-0.05, 0) is 50.5 Å². The predicted octanol–water partition coefficient (Wildman–Crippen LogP) is 2.46. The maximum absolute atomic E-state index is 12.6. The van der Waals surface area contributed by atoms with Crippen molar-refractivity contribution in [1.82, 2.24) is 9.88 Å². The normalized spacial score (nSPS) is 17.1. The number of primary amides is 1. The fourth-order valence-electron chi connectivity index (χ4n) is 3.26. The molecule has 1 aliphatic rings. The van der Waals surface area contributed by atoms with Crippen LogP contribution in [0.25, 0.3) is 11.1 Å². The molecule has 2 aromatic rings. The van der Waals surface area contributed by atoms with Gasteiger partial charge in [0.25, 0.3) is 5.91 Å². The van der Waals surface area contributed by atoms with Gasteiger partial charge in [0, 0.05) is 29.1 Å². The van der Waals surface area contributed by atoms with E-state index in [1.807, 2.05) is 38.1 Å². The van der Waals surface area contributed by atoms with Crippen LogP contribution >= 0.6 is 0 Å². The van der Waals surface area contributed by atoms with Gasteiger partial charge in [-0.25, -0.2) is 0 Å². The van der Waals surface area contributed by atoms with E-state index in [2.05, 4.69) is 4.98 Å². The molecule has 2 N–H and O–H groups in total. The van der Waals surface area contributed by atoms with Gasteiger partial charge in [0.1, 0.15) is 6.04 Å². The minimum atomic E-state index is -0.485. The van der Waals surface area contributed by atoms with Gasteiger partial charge in [0.05, 0.1) is 0 Å². The average Bonchev–Trinajstić information content (AvgIpc) is 3.04. The van der Waals surface area contributed by atoms with E-state index in [-0.39, 0.29) is 5.91 Å². The molecule has 1 atom stereocenters. The molecule has 0 aliphatic carbocycles. The van der Waals surface area contributed by atoms with Crippen LogP contribution in [0, 0.1) is 13.8 Å². The average molecular weight is 323 g/mol. The molecule has 2 amide bonds. The zero-order valence-electron chi connectivity index (χ0n) is 14.0. The molecule has 24 heavy (non-hydrogen) atoms. The van der Waals surface area contributed by atoms with Crippen molar-refractivity contribution in [2.24, 2.45) is 5.73 Å². The molecule has 0 spiro atoms. The minimum absolute atomic E-state index is 0.137. The maximum Gasteiger partial charge on any atom is 0.254 e. The molecule has 1 aliphatic heterocycles. The summed E-state index contributed by atoms with van der Waals surface area (Å²) in [6.07, 6.45) is 1.46. The van der Waals surface area contributed by atoms with Crippen LogP contribution in [0.1, 0.15) is 34.6 Å². The molecule has 0 radical (unpaired) electrons. The summed E-state index contributed by atoms with van der Waals surface area (Å²) in [5.41, 5.74) is 9.98. The smallest absolute Gasteiger partial charge is 0.254 e. The number of nitrogens with two attached hydrogens (primary N) is 1. The van der Waals surface area contributed by atoms with Gasteiger partial charge in [0.2, 0.25) is 5.91 Å². The SMILES string of the molecule is Cc1ccc(-c2ccc(C(=O)N3CCCC3C(N)=O)cc2)c(C)n1. The Hall–Kier alpha value is -2.69. The lowest BCUT2D eigenvalue weighted by molar-refractivity contribution is -0.121. The van der Waals surface area contributed by atoms with Gasteiger partial charge in [0.15, 0.2) is 0 Å². The number of hydrogen-bond donors (Lipinski definition) is 1. The fraction of sp³-hybridized carbons (Fsp3) is 0.316. The summed E-state index contributed by atoms with van der Waals surface area (Å²) in [5.74, 6) is -0.569. The van der Waals surface area contributed by atoms with E-state index < -0.39 is 11.9 Å². The van der Waals surface area contributed by atoms with Crippen molar-refractivity contribution in [3.8, 4) is 11.1 Å². The third-order valence-electron chi connectivity index (χ3n) is 4.51. The Morgan fingerprint density at radius 3 is 2.46 bits per heavy atom. The number of pyridine rings is 1. The molecule has 3 rings (SSSR count). The second-order valence-electron chi connectivity index (χ2n) is 6.22. The van der Waals surface area contributed by atoms with Crippen LogP contribution in [-0.4, -0.2) is 34.3 Å². The van der Waals surface area contributed by atoms with E-state index in [4.69, 9.17) is 5.73 Å². The predicted molar refractivity (Wildman–Crippen MR) is 92.4 cm³/mol. The number of hydrogen-bond acceptors (Lipinski definition) is 3. The Kier molecular flexibility index (Phi) is 4.34. The van der Waals surface area contributed by atoms with Gasteiger partial charge < -0.3 is 10.6 Å². The Balaban J connectivity index is 1.84. The second-order valence-corrected chi connectivity index (χ2v) is 6.22. The van der Waals surface area contributed by atoms with Crippen molar-refractivity contribution < 1.29 is 9.59 Å². The van der Waals surface area contributed by atoms with Crippen molar-refractivity contribution in [2.75, 3.05) is 6.54 Å². The number of benzene rings is 1. The summed E-state index contributed by atoms with van der Waals surface area (Å²) in [6.45, 7) is 4.52. The van der Waals surface area contributed by atoms with E-state index in [0.717, 1.165) is 28.9 Å². The number of carbonyl (C=O) groups is 2. The molecular formula is C19H21N3O2. The van der Waals surface area contributed by atoms with E-state index in [1.165, 1.54) is 0 Å². The molecule has 124 valence electrons. The highest BCUT2D eigenvalue weighted by molar-refractivity contribution is 5.98. The summed E-state index contributed by atoms with van der Waals surface area (Å²) in [4.78, 5) is 30.2. The Morgan fingerprint density at radius 1 is 1.12 bits per heavy atom. The third-order valence-corrected chi connectivity index (χ3v) is 4.51. The van der Waals surface area contributed by atoms with Gasteiger partial charge in [-0.15, -0.1) is 0 Å². The third kappa shape index (κ3) is 3.02. The molecule has 5 heteroatoms. The van der Waals surface area contributed by atoms with Gasteiger partial charge in [-0.2, -0.15) is 0 Å². The van der Waals surface area contributed by atoms with Crippen LogP contribution in [0.15, 0.2) is 36.4 Å². The number of carbonyl (C=O) groups excluding carboxylic acids is 2. The van der Waals surface area contributed by atoms with Crippen molar-refractivity contribution >= 4 is 11.8 Å². The minimum Gasteiger partial charge on any atom is -0.368 e. The zero-order chi connectivity index (χ0) is 17.3. The molecule has 1 fully saturated rings. The van der Waals surface area contributed by atoms with Crippen LogP contribution < -0.4 is 5.73 Å². The zero-order valence-corrected chi connectivity index (χ0v) is 14.0. The van der Waals surface area contributed by atoms with Gasteiger partial charge >= 0.3 is 0 Å². The lowest BCUT2D eigenvalue weighted by Gasteiger charge is -2.22. The summed E-state index contributed by atoms with van der Waals surface area (Å²) in [7, 11) is 0. The van der Waals surface area contributed by atoms with E-state index in [0.29, 0.717) is 18.5 Å². The van der Waals surface area contributed by atoms with Gasteiger partial charge in [-0.1, -0.05) is 18.2 Å². The lowest BCUT2D eigenvalue weighted by Crippen LogP contribution is -2.43.